The molecule has 1 heterocycles. The van der Waals surface area contributed by atoms with Crippen LogP contribution in [-0.2, 0) is 0 Å². The summed E-state index contributed by atoms with van der Waals surface area (Å²) in [6.07, 6.45) is 1.06. The van der Waals surface area contributed by atoms with Crippen LogP contribution in [0.5, 0.6) is 0 Å². The molecule has 1 aromatic heterocycles. The zero-order valence-corrected chi connectivity index (χ0v) is 4.39. The zero-order valence-electron chi connectivity index (χ0n) is 4.39. The van der Waals surface area contributed by atoms with Gasteiger partial charge in [-0.3, -0.25) is 4.79 Å². The van der Waals surface area contributed by atoms with Crippen molar-refractivity contribution in [2.45, 2.75) is 0 Å². The van der Waals surface area contributed by atoms with Gasteiger partial charge in [0.05, 0.1) is 6.33 Å². The fourth-order valence-electron chi connectivity index (χ4n) is 0.450. The van der Waals surface area contributed by atoms with Gasteiger partial charge >= 0.3 is 0 Å². The van der Waals surface area contributed by atoms with Crippen LogP contribution in [0.15, 0.2) is 6.33 Å². The van der Waals surface area contributed by atoms with Crippen LogP contribution in [0, 0.1) is 5.95 Å². The molecular weight excluding hydrogens is 125 g/mol. The highest BCUT2D eigenvalue weighted by Crippen LogP contribution is 1.96. The van der Waals surface area contributed by atoms with Gasteiger partial charge in [-0.25, -0.2) is 4.98 Å². The molecule has 9 heavy (non-hydrogen) atoms. The monoisotopic (exact) mass is 129 g/mol. The van der Waals surface area contributed by atoms with Gasteiger partial charge in [0.1, 0.15) is 0 Å². The lowest BCUT2D eigenvalue weighted by Gasteiger charge is -1.82. The Morgan fingerprint density at radius 3 is 2.78 bits per heavy atom. The molecular formula is C4H4FN3O. The number of carbonyl (C=O) groups excluding carboxylic acids is 1. The fraction of sp³-hybridized carbons (Fsp3) is 0. The Kier molecular flexibility index (Phi) is 1.18. The smallest absolute Gasteiger partial charge is 0.272 e. The van der Waals surface area contributed by atoms with Gasteiger partial charge in [-0.2, -0.15) is 4.39 Å². The van der Waals surface area contributed by atoms with E-state index in [1.807, 2.05) is 0 Å². The SMILES string of the molecule is NC(=O)c1nc[nH]c1F. The van der Waals surface area contributed by atoms with E-state index in [4.69, 9.17) is 5.73 Å². The predicted molar refractivity (Wildman–Crippen MR) is 27.1 cm³/mol. The van der Waals surface area contributed by atoms with Crippen LogP contribution >= 0.6 is 0 Å². The van der Waals surface area contributed by atoms with E-state index >= 15 is 0 Å². The quantitative estimate of drug-likeness (QED) is 0.543. The van der Waals surface area contributed by atoms with Crippen molar-refractivity contribution in [3.8, 4) is 0 Å². The average molecular weight is 129 g/mol. The Morgan fingerprint density at radius 2 is 2.56 bits per heavy atom. The van der Waals surface area contributed by atoms with Crippen molar-refractivity contribution in [1.29, 1.82) is 0 Å². The summed E-state index contributed by atoms with van der Waals surface area (Å²) < 4.78 is 12.2. The minimum absolute atomic E-state index is 0.352. The number of nitrogens with two attached hydrogens (primary N) is 1. The van der Waals surface area contributed by atoms with Gasteiger partial charge in [-0.15, -0.1) is 0 Å². The summed E-state index contributed by atoms with van der Waals surface area (Å²) in [4.78, 5) is 15.6. The highest BCUT2D eigenvalue weighted by Gasteiger charge is 2.08. The summed E-state index contributed by atoms with van der Waals surface area (Å²) in [7, 11) is 0. The van der Waals surface area contributed by atoms with E-state index in [9.17, 15) is 9.18 Å². The van der Waals surface area contributed by atoms with E-state index in [-0.39, 0.29) is 5.69 Å². The number of H-pyrrole nitrogens is 1. The lowest BCUT2D eigenvalue weighted by Crippen LogP contribution is -2.12. The predicted octanol–water partition coefficient (Wildman–Crippen LogP) is -0.352. The number of aromatic nitrogens is 2. The third kappa shape index (κ3) is 0.883. The third-order valence-electron chi connectivity index (χ3n) is 0.826. The van der Waals surface area contributed by atoms with E-state index in [0.717, 1.165) is 6.33 Å². The molecule has 1 amide bonds. The molecule has 1 aromatic rings. The van der Waals surface area contributed by atoms with Crippen LogP contribution in [-0.4, -0.2) is 15.9 Å². The maximum Gasteiger partial charge on any atom is 0.272 e. The van der Waals surface area contributed by atoms with E-state index in [2.05, 4.69) is 9.97 Å². The van der Waals surface area contributed by atoms with Crippen molar-refractivity contribution >= 4 is 5.91 Å². The summed E-state index contributed by atoms with van der Waals surface area (Å²) in [5.74, 6) is -1.66. The molecule has 0 atom stereocenters. The molecule has 0 unspecified atom stereocenters. The lowest BCUT2D eigenvalue weighted by atomic mass is 10.5. The van der Waals surface area contributed by atoms with Crippen LogP contribution in [0.25, 0.3) is 0 Å². The fourth-order valence-corrected chi connectivity index (χ4v) is 0.450. The molecule has 3 N–H and O–H groups in total. The highest BCUT2D eigenvalue weighted by molar-refractivity contribution is 5.90. The van der Waals surface area contributed by atoms with E-state index < -0.39 is 11.9 Å². The van der Waals surface area contributed by atoms with Crippen molar-refractivity contribution in [3.63, 3.8) is 0 Å². The van der Waals surface area contributed by atoms with Crippen LogP contribution < -0.4 is 5.73 Å². The number of aromatic amines is 1. The molecule has 4 nitrogen and oxygen atoms in total. The van der Waals surface area contributed by atoms with Gasteiger partial charge in [-0.05, 0) is 0 Å². The summed E-state index contributed by atoms with van der Waals surface area (Å²) in [5, 5.41) is 0. The third-order valence-corrected chi connectivity index (χ3v) is 0.826. The molecule has 0 aliphatic heterocycles. The number of halogens is 1. The van der Waals surface area contributed by atoms with E-state index in [0.29, 0.717) is 0 Å². The number of nitrogens with zero attached hydrogens (tertiary/aromatic N) is 1. The standard InChI is InChI=1S/C4H4FN3O/c5-3-2(4(6)9)7-1-8-3/h1H,(H2,6,9)(H,7,8). The van der Waals surface area contributed by atoms with Crippen molar-refractivity contribution in [3.05, 3.63) is 18.0 Å². The second-order valence-corrected chi connectivity index (χ2v) is 1.43. The first kappa shape index (κ1) is 5.74. The molecule has 0 aliphatic rings. The van der Waals surface area contributed by atoms with Gasteiger partial charge in [0.15, 0.2) is 5.69 Å². The van der Waals surface area contributed by atoms with E-state index in [1.54, 1.807) is 0 Å². The van der Waals surface area contributed by atoms with Crippen LogP contribution in [0.4, 0.5) is 4.39 Å². The second-order valence-electron chi connectivity index (χ2n) is 1.43. The Balaban J connectivity index is 3.08. The summed E-state index contributed by atoms with van der Waals surface area (Å²) >= 11 is 0. The Morgan fingerprint density at radius 1 is 1.89 bits per heavy atom. The molecule has 0 aliphatic carbocycles. The number of primary amides is 1. The minimum atomic E-state index is -0.867. The summed E-state index contributed by atoms with van der Waals surface area (Å²) in [5.41, 5.74) is 4.35. The first-order chi connectivity index (χ1) is 4.22. The Bertz CT molecular complexity index is 231. The first-order valence-corrected chi connectivity index (χ1v) is 2.20. The summed E-state index contributed by atoms with van der Waals surface area (Å²) in [6.45, 7) is 0. The number of hydrogen-bond donors (Lipinski definition) is 2. The number of carbonyl (C=O) groups is 1. The first-order valence-electron chi connectivity index (χ1n) is 2.20. The van der Waals surface area contributed by atoms with Gasteiger partial charge in [-0.1, -0.05) is 0 Å². The maximum absolute atomic E-state index is 12.2. The molecule has 1 rings (SSSR count). The number of amides is 1. The van der Waals surface area contributed by atoms with Crippen molar-refractivity contribution in [2.75, 3.05) is 0 Å². The minimum Gasteiger partial charge on any atom is -0.364 e. The topological polar surface area (TPSA) is 71.8 Å². The second kappa shape index (κ2) is 1.85. The van der Waals surface area contributed by atoms with Crippen molar-refractivity contribution in [2.24, 2.45) is 5.73 Å². The Labute approximate surface area is 49.9 Å². The number of rotatable bonds is 1. The molecule has 5 heteroatoms. The van der Waals surface area contributed by atoms with Crippen LogP contribution in [0.2, 0.25) is 0 Å². The van der Waals surface area contributed by atoms with Gasteiger partial charge in [0.2, 0.25) is 5.95 Å². The molecule has 0 spiro atoms. The van der Waals surface area contributed by atoms with Gasteiger partial charge in [0.25, 0.3) is 5.91 Å². The normalized spacial score (nSPS) is 9.44. The van der Waals surface area contributed by atoms with Crippen molar-refractivity contribution in [1.82, 2.24) is 9.97 Å². The Hall–Kier alpha value is -1.39. The van der Waals surface area contributed by atoms with Gasteiger partial charge < -0.3 is 10.7 Å². The maximum atomic E-state index is 12.2. The zero-order chi connectivity index (χ0) is 6.85. The molecule has 0 saturated heterocycles. The molecule has 0 aromatic carbocycles. The van der Waals surface area contributed by atoms with Crippen LogP contribution in [0.1, 0.15) is 10.5 Å². The van der Waals surface area contributed by atoms with Crippen molar-refractivity contribution < 1.29 is 9.18 Å². The van der Waals surface area contributed by atoms with Gasteiger partial charge in [0, 0.05) is 0 Å². The highest BCUT2D eigenvalue weighted by atomic mass is 19.1. The molecule has 0 saturated carbocycles. The van der Waals surface area contributed by atoms with Crippen LogP contribution in [0.3, 0.4) is 0 Å². The molecule has 0 bridgehead atoms. The molecule has 0 radical (unpaired) electrons. The summed E-state index contributed by atoms with van der Waals surface area (Å²) in [6, 6.07) is 0. The largest absolute Gasteiger partial charge is 0.364 e. The number of nitrogens with one attached hydrogen (secondary N) is 1. The number of imidazole rings is 1. The molecule has 0 fully saturated rings. The lowest BCUT2D eigenvalue weighted by molar-refractivity contribution is 0.0992. The average Bonchev–Trinajstić information content (AvgIpc) is 2.13. The number of hydrogen-bond acceptors (Lipinski definition) is 2. The van der Waals surface area contributed by atoms with E-state index in [1.165, 1.54) is 0 Å². The molecule has 48 valence electrons.